The minimum atomic E-state index is -0.237. The lowest BCUT2D eigenvalue weighted by Crippen LogP contribution is -2.23. The maximum Gasteiger partial charge on any atom is 0.157 e. The molecule has 0 aliphatic carbocycles. The molecule has 1 saturated heterocycles. The van der Waals surface area contributed by atoms with Gasteiger partial charge in [0.05, 0.1) is 19.3 Å². The molecule has 1 atom stereocenters. The quantitative estimate of drug-likeness (QED) is 0.717. The van der Waals surface area contributed by atoms with E-state index in [0.29, 0.717) is 13.2 Å². The Hall–Kier alpha value is -2.57. The predicted molar refractivity (Wildman–Crippen MR) is 91.1 cm³/mol. The average Bonchev–Trinajstić information content (AvgIpc) is 3.27. The van der Waals surface area contributed by atoms with Gasteiger partial charge in [-0.25, -0.2) is 9.07 Å². The van der Waals surface area contributed by atoms with Crippen LogP contribution in [0.5, 0.6) is 0 Å². The summed E-state index contributed by atoms with van der Waals surface area (Å²) in [6.45, 7) is 2.92. The van der Waals surface area contributed by atoms with Crippen LogP contribution in [0.15, 0.2) is 60.8 Å². The van der Waals surface area contributed by atoms with Gasteiger partial charge in [-0.15, -0.1) is 5.10 Å². The smallest absolute Gasteiger partial charge is 0.157 e. The predicted octanol–water partition coefficient (Wildman–Crippen LogP) is 3.00. The molecule has 3 aromatic rings. The Kier molecular flexibility index (Phi) is 4.54. The highest BCUT2D eigenvalue weighted by Crippen LogP contribution is 2.26. The van der Waals surface area contributed by atoms with Gasteiger partial charge in [0.2, 0.25) is 0 Å². The van der Waals surface area contributed by atoms with E-state index in [1.807, 2.05) is 24.4 Å². The highest BCUT2D eigenvalue weighted by molar-refractivity contribution is 5.17. The molecule has 6 heteroatoms. The average molecular weight is 338 g/mol. The van der Waals surface area contributed by atoms with Crippen molar-refractivity contribution in [2.24, 2.45) is 0 Å². The van der Waals surface area contributed by atoms with Gasteiger partial charge in [-0.1, -0.05) is 47.7 Å². The van der Waals surface area contributed by atoms with Crippen LogP contribution < -0.4 is 0 Å². The normalized spacial score (nSPS) is 17.9. The lowest BCUT2D eigenvalue weighted by Gasteiger charge is -2.20. The van der Waals surface area contributed by atoms with Crippen molar-refractivity contribution in [2.75, 3.05) is 13.2 Å². The van der Waals surface area contributed by atoms with E-state index in [1.54, 1.807) is 16.8 Å². The zero-order chi connectivity index (χ0) is 17.1. The van der Waals surface area contributed by atoms with Crippen molar-refractivity contribution in [1.82, 2.24) is 19.9 Å². The largest absolute Gasteiger partial charge is 0.356 e. The van der Waals surface area contributed by atoms with Crippen LogP contribution in [0.2, 0.25) is 0 Å². The Morgan fingerprint density at radius 3 is 2.56 bits per heavy atom. The van der Waals surface area contributed by atoms with Crippen molar-refractivity contribution in [3.05, 3.63) is 83.4 Å². The maximum absolute atomic E-state index is 13.0. The van der Waals surface area contributed by atoms with Crippen LogP contribution in [-0.2, 0) is 17.8 Å². The van der Waals surface area contributed by atoms with Crippen molar-refractivity contribution in [2.45, 2.75) is 19.3 Å². The highest BCUT2D eigenvalue weighted by Gasteiger charge is 2.29. The minimum absolute atomic E-state index is 0.179. The van der Waals surface area contributed by atoms with E-state index in [0.717, 1.165) is 24.3 Å². The van der Waals surface area contributed by atoms with Gasteiger partial charge in [0.1, 0.15) is 11.5 Å². The van der Waals surface area contributed by atoms with Crippen LogP contribution in [-0.4, -0.2) is 33.0 Å². The molecule has 0 bridgehead atoms. The highest BCUT2D eigenvalue weighted by atomic mass is 19.1. The molecule has 1 fully saturated rings. The van der Waals surface area contributed by atoms with Gasteiger partial charge >= 0.3 is 0 Å². The van der Waals surface area contributed by atoms with Crippen LogP contribution in [0.3, 0.4) is 0 Å². The molecule has 2 heterocycles. The number of benzene rings is 2. The Morgan fingerprint density at radius 1 is 1.00 bits per heavy atom. The number of ether oxygens (including phenoxy) is 1. The summed E-state index contributed by atoms with van der Waals surface area (Å²) in [6.07, 6.45) is 1.72. The standard InChI is InChI=1S/C19H19FN4O/c20-17-8-6-16(7-9-17)13-24-14-18(21-22-24)19-23(10-11-25-19)12-15-4-2-1-3-5-15/h1-9,14,19H,10-13H2. The number of rotatable bonds is 5. The summed E-state index contributed by atoms with van der Waals surface area (Å²) >= 11 is 0. The number of halogens is 1. The van der Waals surface area contributed by atoms with Gasteiger partial charge in [-0.05, 0) is 23.3 Å². The third-order valence-corrected chi connectivity index (χ3v) is 4.28. The summed E-state index contributed by atoms with van der Waals surface area (Å²) in [5, 5.41) is 8.46. The Bertz CT molecular complexity index is 819. The van der Waals surface area contributed by atoms with Crippen LogP contribution in [0, 0.1) is 5.82 Å². The van der Waals surface area contributed by atoms with E-state index < -0.39 is 0 Å². The van der Waals surface area contributed by atoms with Gasteiger partial charge in [0, 0.05) is 13.1 Å². The number of aromatic nitrogens is 3. The summed E-state index contributed by atoms with van der Waals surface area (Å²) in [4.78, 5) is 2.25. The van der Waals surface area contributed by atoms with Gasteiger partial charge in [0.25, 0.3) is 0 Å². The monoisotopic (exact) mass is 338 g/mol. The first kappa shape index (κ1) is 15.9. The van der Waals surface area contributed by atoms with E-state index in [2.05, 4.69) is 27.3 Å². The molecular weight excluding hydrogens is 319 g/mol. The number of hydrogen-bond donors (Lipinski definition) is 0. The second-order valence-electron chi connectivity index (χ2n) is 6.15. The van der Waals surface area contributed by atoms with Crippen molar-refractivity contribution in [1.29, 1.82) is 0 Å². The van der Waals surface area contributed by atoms with E-state index >= 15 is 0 Å². The molecule has 0 radical (unpaired) electrons. The van der Waals surface area contributed by atoms with Crippen LogP contribution in [0.4, 0.5) is 4.39 Å². The Balaban J connectivity index is 1.46. The van der Waals surface area contributed by atoms with Crippen LogP contribution in [0.25, 0.3) is 0 Å². The van der Waals surface area contributed by atoms with E-state index in [1.165, 1.54) is 17.7 Å². The molecule has 2 aromatic carbocycles. The zero-order valence-corrected chi connectivity index (χ0v) is 13.8. The first-order valence-electron chi connectivity index (χ1n) is 8.32. The van der Waals surface area contributed by atoms with Gasteiger partial charge in [-0.2, -0.15) is 0 Å². The molecule has 0 N–H and O–H groups in total. The fraction of sp³-hybridized carbons (Fsp3) is 0.263. The SMILES string of the molecule is Fc1ccc(Cn2cc(C3OCCN3Cc3ccccc3)nn2)cc1. The molecule has 5 nitrogen and oxygen atoms in total. The maximum atomic E-state index is 13.0. The zero-order valence-electron chi connectivity index (χ0n) is 13.8. The van der Waals surface area contributed by atoms with Crippen molar-refractivity contribution in [3.8, 4) is 0 Å². The molecular formula is C19H19FN4O. The molecule has 0 spiro atoms. The lowest BCUT2D eigenvalue weighted by molar-refractivity contribution is 0.0252. The Morgan fingerprint density at radius 2 is 1.76 bits per heavy atom. The fourth-order valence-electron chi connectivity index (χ4n) is 3.04. The molecule has 1 aliphatic heterocycles. The lowest BCUT2D eigenvalue weighted by atomic mass is 10.2. The van der Waals surface area contributed by atoms with Gasteiger partial charge < -0.3 is 4.74 Å². The minimum Gasteiger partial charge on any atom is -0.356 e. The summed E-state index contributed by atoms with van der Waals surface area (Å²) in [5.74, 6) is -0.237. The van der Waals surface area contributed by atoms with E-state index in [4.69, 9.17) is 4.74 Å². The first-order chi connectivity index (χ1) is 12.3. The third kappa shape index (κ3) is 3.75. The molecule has 128 valence electrons. The van der Waals surface area contributed by atoms with Gasteiger partial charge in [0.15, 0.2) is 6.23 Å². The van der Waals surface area contributed by atoms with Crippen molar-refractivity contribution in [3.63, 3.8) is 0 Å². The molecule has 4 rings (SSSR count). The second-order valence-corrected chi connectivity index (χ2v) is 6.15. The Labute approximate surface area is 145 Å². The van der Waals surface area contributed by atoms with Gasteiger partial charge in [-0.3, -0.25) is 4.90 Å². The molecule has 0 amide bonds. The number of hydrogen-bond acceptors (Lipinski definition) is 4. The van der Waals surface area contributed by atoms with E-state index in [9.17, 15) is 4.39 Å². The summed E-state index contributed by atoms with van der Waals surface area (Å²) in [7, 11) is 0. The van der Waals surface area contributed by atoms with Crippen molar-refractivity contribution >= 4 is 0 Å². The molecule has 1 aromatic heterocycles. The summed E-state index contributed by atoms with van der Waals surface area (Å²) < 4.78 is 20.6. The molecule has 1 aliphatic rings. The number of nitrogens with zero attached hydrogens (tertiary/aromatic N) is 4. The summed E-state index contributed by atoms with van der Waals surface area (Å²) in [5.41, 5.74) is 3.03. The topological polar surface area (TPSA) is 43.2 Å². The molecule has 25 heavy (non-hydrogen) atoms. The van der Waals surface area contributed by atoms with Crippen LogP contribution in [0.1, 0.15) is 23.0 Å². The molecule has 1 unspecified atom stereocenters. The fourth-order valence-corrected chi connectivity index (χ4v) is 3.04. The van der Waals surface area contributed by atoms with Crippen molar-refractivity contribution < 1.29 is 9.13 Å². The molecule has 0 saturated carbocycles. The summed E-state index contributed by atoms with van der Waals surface area (Å²) in [6, 6.07) is 16.7. The van der Waals surface area contributed by atoms with E-state index in [-0.39, 0.29) is 12.0 Å². The third-order valence-electron chi connectivity index (χ3n) is 4.28. The van der Waals surface area contributed by atoms with Crippen LogP contribution >= 0.6 is 0 Å². The second kappa shape index (κ2) is 7.13. The first-order valence-corrected chi connectivity index (χ1v) is 8.32.